The molecule has 0 atom stereocenters. The number of fused-ring (bicyclic) bond motifs is 1. The topological polar surface area (TPSA) is 66.5 Å². The molecule has 140 valence electrons. The molecule has 0 radical (unpaired) electrons. The van der Waals surface area contributed by atoms with E-state index in [0.29, 0.717) is 10.7 Å². The molecule has 5 nitrogen and oxygen atoms in total. The molecule has 0 unspecified atom stereocenters. The minimum absolute atomic E-state index is 0.143. The number of halogens is 1. The van der Waals surface area contributed by atoms with Crippen LogP contribution in [-0.4, -0.2) is 32.2 Å². The van der Waals surface area contributed by atoms with Gasteiger partial charge in [-0.25, -0.2) is 8.42 Å². The lowest BCUT2D eigenvalue weighted by Crippen LogP contribution is -2.35. The Morgan fingerprint density at radius 2 is 1.74 bits per heavy atom. The Morgan fingerprint density at radius 1 is 1.04 bits per heavy atom. The van der Waals surface area contributed by atoms with Crippen molar-refractivity contribution in [3.63, 3.8) is 0 Å². The molecular weight excluding hydrogens is 384 g/mol. The van der Waals surface area contributed by atoms with Crippen LogP contribution < -0.4 is 5.32 Å². The standard InChI is InChI=1S/C20H19ClN2O3S/c1-14-7-10-19(18(21)11-14)22-20(24)13-23(2)27(25,26)17-9-8-15-5-3-4-6-16(15)12-17/h3-12H,13H2,1-2H3,(H,22,24). The van der Waals surface area contributed by atoms with E-state index in [1.165, 1.54) is 7.05 Å². The Bertz CT molecular complexity index is 1110. The summed E-state index contributed by atoms with van der Waals surface area (Å²) in [7, 11) is -2.42. The lowest BCUT2D eigenvalue weighted by molar-refractivity contribution is -0.116. The van der Waals surface area contributed by atoms with Crippen LogP contribution in [0.2, 0.25) is 5.02 Å². The SMILES string of the molecule is Cc1ccc(NC(=O)CN(C)S(=O)(=O)c2ccc3ccccc3c2)c(Cl)c1. The Kier molecular flexibility index (Phi) is 5.51. The van der Waals surface area contributed by atoms with Gasteiger partial charge in [-0.3, -0.25) is 4.79 Å². The highest BCUT2D eigenvalue weighted by Crippen LogP contribution is 2.24. The number of carbonyl (C=O) groups excluding carboxylic acids is 1. The predicted molar refractivity (Wildman–Crippen MR) is 109 cm³/mol. The molecule has 0 aliphatic rings. The summed E-state index contributed by atoms with van der Waals surface area (Å²) in [5.41, 5.74) is 1.41. The normalized spacial score (nSPS) is 11.7. The summed E-state index contributed by atoms with van der Waals surface area (Å²) >= 11 is 6.10. The summed E-state index contributed by atoms with van der Waals surface area (Å²) < 4.78 is 26.6. The van der Waals surface area contributed by atoms with Gasteiger partial charge in [0.25, 0.3) is 0 Å². The van der Waals surface area contributed by atoms with Crippen molar-refractivity contribution in [1.29, 1.82) is 0 Å². The molecule has 0 saturated heterocycles. The fourth-order valence-corrected chi connectivity index (χ4v) is 4.15. The minimum atomic E-state index is -3.80. The van der Waals surface area contributed by atoms with Crippen molar-refractivity contribution < 1.29 is 13.2 Å². The number of rotatable bonds is 5. The molecule has 3 aromatic carbocycles. The average molecular weight is 403 g/mol. The molecule has 0 aliphatic carbocycles. The second-order valence-corrected chi connectivity index (χ2v) is 8.75. The van der Waals surface area contributed by atoms with Gasteiger partial charge in [0.15, 0.2) is 0 Å². The number of carbonyl (C=O) groups is 1. The van der Waals surface area contributed by atoms with Gasteiger partial charge in [-0.2, -0.15) is 4.31 Å². The number of anilines is 1. The minimum Gasteiger partial charge on any atom is -0.324 e. The molecule has 1 N–H and O–H groups in total. The Hall–Kier alpha value is -2.41. The van der Waals surface area contributed by atoms with E-state index in [0.717, 1.165) is 20.6 Å². The van der Waals surface area contributed by atoms with E-state index in [4.69, 9.17) is 11.6 Å². The number of likely N-dealkylation sites (N-methyl/N-ethyl adjacent to an activating group) is 1. The van der Waals surface area contributed by atoms with Gasteiger partial charge >= 0.3 is 0 Å². The Morgan fingerprint density at radius 3 is 2.44 bits per heavy atom. The Labute approximate surface area is 163 Å². The van der Waals surface area contributed by atoms with Crippen molar-refractivity contribution in [3.8, 4) is 0 Å². The van der Waals surface area contributed by atoms with E-state index in [-0.39, 0.29) is 11.4 Å². The fraction of sp³-hybridized carbons (Fsp3) is 0.150. The molecule has 27 heavy (non-hydrogen) atoms. The number of benzene rings is 3. The molecule has 3 aromatic rings. The van der Waals surface area contributed by atoms with Gasteiger partial charge in [0.1, 0.15) is 0 Å². The number of sulfonamides is 1. The Balaban J connectivity index is 1.76. The highest BCUT2D eigenvalue weighted by Gasteiger charge is 2.23. The highest BCUT2D eigenvalue weighted by atomic mass is 35.5. The molecule has 0 aromatic heterocycles. The molecule has 3 rings (SSSR count). The number of nitrogens with one attached hydrogen (secondary N) is 1. The number of nitrogens with zero attached hydrogens (tertiary/aromatic N) is 1. The molecular formula is C20H19ClN2O3S. The second-order valence-electron chi connectivity index (χ2n) is 6.30. The van der Waals surface area contributed by atoms with E-state index in [1.807, 2.05) is 37.3 Å². The van der Waals surface area contributed by atoms with Crippen LogP contribution in [0.15, 0.2) is 65.6 Å². The highest BCUT2D eigenvalue weighted by molar-refractivity contribution is 7.89. The first-order valence-electron chi connectivity index (χ1n) is 8.28. The van der Waals surface area contributed by atoms with Crippen LogP contribution in [0.1, 0.15) is 5.56 Å². The maximum absolute atomic E-state index is 12.8. The maximum atomic E-state index is 12.8. The first-order valence-corrected chi connectivity index (χ1v) is 10.1. The molecule has 0 spiro atoms. The number of hydrogen-bond acceptors (Lipinski definition) is 3. The lowest BCUT2D eigenvalue weighted by atomic mass is 10.1. The van der Waals surface area contributed by atoms with Gasteiger partial charge in [0.05, 0.1) is 22.2 Å². The zero-order valence-corrected chi connectivity index (χ0v) is 16.5. The number of aryl methyl sites for hydroxylation is 1. The summed E-state index contributed by atoms with van der Waals surface area (Å²) in [6, 6.07) is 17.6. The van der Waals surface area contributed by atoms with Crippen molar-refractivity contribution in [2.45, 2.75) is 11.8 Å². The summed E-state index contributed by atoms with van der Waals surface area (Å²) in [5, 5.41) is 4.82. The zero-order valence-electron chi connectivity index (χ0n) is 14.9. The van der Waals surface area contributed by atoms with Gasteiger partial charge in [0, 0.05) is 7.05 Å². The van der Waals surface area contributed by atoms with Crippen LogP contribution >= 0.6 is 11.6 Å². The van der Waals surface area contributed by atoms with E-state index < -0.39 is 15.9 Å². The molecule has 7 heteroatoms. The van der Waals surface area contributed by atoms with Crippen molar-refractivity contribution >= 4 is 44.0 Å². The monoisotopic (exact) mass is 402 g/mol. The summed E-state index contributed by atoms with van der Waals surface area (Å²) in [4.78, 5) is 12.4. The molecule has 1 amide bonds. The zero-order chi connectivity index (χ0) is 19.6. The fourth-order valence-electron chi connectivity index (χ4n) is 2.71. The summed E-state index contributed by atoms with van der Waals surface area (Å²) in [6.07, 6.45) is 0. The smallest absolute Gasteiger partial charge is 0.243 e. The molecule has 0 saturated carbocycles. The van der Waals surface area contributed by atoms with Gasteiger partial charge < -0.3 is 5.32 Å². The van der Waals surface area contributed by atoms with Crippen LogP contribution in [0, 0.1) is 6.92 Å². The third-order valence-corrected chi connectivity index (χ3v) is 6.31. The van der Waals surface area contributed by atoms with Crippen LogP contribution in [-0.2, 0) is 14.8 Å². The van der Waals surface area contributed by atoms with Crippen molar-refractivity contribution in [2.24, 2.45) is 0 Å². The second kappa shape index (κ2) is 7.68. The van der Waals surface area contributed by atoms with Crippen molar-refractivity contribution in [3.05, 3.63) is 71.2 Å². The van der Waals surface area contributed by atoms with Crippen LogP contribution in [0.5, 0.6) is 0 Å². The first kappa shape index (κ1) is 19.4. The van der Waals surface area contributed by atoms with Gasteiger partial charge in [0.2, 0.25) is 15.9 Å². The first-order chi connectivity index (χ1) is 12.8. The predicted octanol–water partition coefficient (Wildman–Crippen LogP) is 4.06. The third-order valence-electron chi connectivity index (χ3n) is 4.19. The van der Waals surface area contributed by atoms with E-state index in [9.17, 15) is 13.2 Å². The third kappa shape index (κ3) is 4.30. The van der Waals surface area contributed by atoms with Crippen LogP contribution in [0.3, 0.4) is 0 Å². The van der Waals surface area contributed by atoms with Crippen molar-refractivity contribution in [2.75, 3.05) is 18.9 Å². The molecule has 0 bridgehead atoms. The summed E-state index contributed by atoms with van der Waals surface area (Å²) in [5.74, 6) is -0.465. The number of hydrogen-bond donors (Lipinski definition) is 1. The van der Waals surface area contributed by atoms with Gasteiger partial charge in [-0.05, 0) is 47.5 Å². The molecule has 0 fully saturated rings. The maximum Gasteiger partial charge on any atom is 0.243 e. The molecule has 0 heterocycles. The van der Waals surface area contributed by atoms with Crippen LogP contribution in [0.4, 0.5) is 5.69 Å². The van der Waals surface area contributed by atoms with E-state index in [1.54, 1.807) is 30.3 Å². The quantitative estimate of drug-likeness (QED) is 0.699. The lowest BCUT2D eigenvalue weighted by Gasteiger charge is -2.17. The number of amides is 1. The van der Waals surface area contributed by atoms with Gasteiger partial charge in [-0.1, -0.05) is 48.0 Å². The van der Waals surface area contributed by atoms with Crippen LogP contribution in [0.25, 0.3) is 10.8 Å². The summed E-state index contributed by atoms with van der Waals surface area (Å²) in [6.45, 7) is 1.57. The van der Waals surface area contributed by atoms with E-state index in [2.05, 4.69) is 5.32 Å². The largest absolute Gasteiger partial charge is 0.324 e. The molecule has 0 aliphatic heterocycles. The van der Waals surface area contributed by atoms with E-state index >= 15 is 0 Å². The van der Waals surface area contributed by atoms with Gasteiger partial charge in [-0.15, -0.1) is 0 Å². The van der Waals surface area contributed by atoms with Crippen molar-refractivity contribution in [1.82, 2.24) is 4.31 Å². The average Bonchev–Trinajstić information content (AvgIpc) is 2.63.